The summed E-state index contributed by atoms with van der Waals surface area (Å²) in [6, 6.07) is 7.90. The second-order valence-electron chi connectivity index (χ2n) is 6.03. The molecule has 0 radical (unpaired) electrons. The molecule has 0 bridgehead atoms. The fourth-order valence-corrected chi connectivity index (χ4v) is 2.74. The molecule has 1 aromatic carbocycles. The highest BCUT2D eigenvalue weighted by Gasteiger charge is 2.20. The number of carbonyl (C=O) groups is 1. The number of aliphatic hydroxyl groups is 1. The van der Waals surface area contributed by atoms with Gasteiger partial charge in [-0.2, -0.15) is 5.26 Å². The van der Waals surface area contributed by atoms with Gasteiger partial charge in [-0.25, -0.2) is 9.18 Å². The van der Waals surface area contributed by atoms with E-state index in [9.17, 15) is 19.6 Å². The van der Waals surface area contributed by atoms with Crippen LogP contribution in [-0.4, -0.2) is 29.4 Å². The number of aliphatic hydroxyl groups excluding tert-OH is 1. The van der Waals surface area contributed by atoms with Crippen LogP contribution in [0.2, 0.25) is 0 Å². The lowest BCUT2D eigenvalue weighted by Crippen LogP contribution is -2.25. The normalized spacial score (nSPS) is 11.1. The first-order valence-corrected chi connectivity index (χ1v) is 7.90. The summed E-state index contributed by atoms with van der Waals surface area (Å²) < 4.78 is 19.2. The zero-order valence-corrected chi connectivity index (χ0v) is 14.0. The Balaban J connectivity index is 2.31. The molecule has 0 saturated carbocycles. The Hall–Kier alpha value is -2.43. The average molecular weight is 349 g/mol. The number of thiophene rings is 1. The lowest BCUT2D eigenvalue weighted by Gasteiger charge is -2.22. The van der Waals surface area contributed by atoms with E-state index in [4.69, 9.17) is 9.84 Å². The first-order chi connectivity index (χ1) is 11.3. The smallest absolute Gasteiger partial charge is 0.348 e. The van der Waals surface area contributed by atoms with E-state index < -0.39 is 17.2 Å². The van der Waals surface area contributed by atoms with Gasteiger partial charge in [0, 0.05) is 10.3 Å². The molecule has 1 heterocycles. The molecule has 7 heteroatoms. The summed E-state index contributed by atoms with van der Waals surface area (Å²) in [5.74, 6) is -1.76. The molecule has 0 aliphatic heterocycles. The molecule has 0 saturated heterocycles. The summed E-state index contributed by atoms with van der Waals surface area (Å²) in [6.45, 7) is 3.83. The predicted molar refractivity (Wildman–Crippen MR) is 87.7 cm³/mol. The summed E-state index contributed by atoms with van der Waals surface area (Å²) in [7, 11) is 0. The molecule has 0 atom stereocenters. The SMILES string of the molecule is CC(C)(CO)COc1ccc(-c2cc(F)c(C(=O)O)s2)cc1C#N. The minimum absolute atomic E-state index is 0.0561. The topological polar surface area (TPSA) is 90.6 Å². The lowest BCUT2D eigenvalue weighted by molar-refractivity contribution is 0.0697. The highest BCUT2D eigenvalue weighted by atomic mass is 32.1. The summed E-state index contributed by atoms with van der Waals surface area (Å²) in [6.07, 6.45) is 0. The van der Waals surface area contributed by atoms with Crippen LogP contribution in [0, 0.1) is 22.6 Å². The van der Waals surface area contributed by atoms with Gasteiger partial charge in [-0.05, 0) is 29.8 Å². The van der Waals surface area contributed by atoms with Gasteiger partial charge in [0.05, 0.1) is 18.8 Å². The maximum Gasteiger partial charge on any atom is 0.348 e. The van der Waals surface area contributed by atoms with Crippen molar-refractivity contribution in [3.63, 3.8) is 0 Å². The number of hydrogen-bond acceptors (Lipinski definition) is 5. The van der Waals surface area contributed by atoms with Crippen LogP contribution in [0.15, 0.2) is 24.3 Å². The molecule has 2 rings (SSSR count). The van der Waals surface area contributed by atoms with Crippen molar-refractivity contribution in [2.45, 2.75) is 13.8 Å². The van der Waals surface area contributed by atoms with Crippen LogP contribution < -0.4 is 4.74 Å². The Kier molecular flexibility index (Phi) is 5.22. The minimum atomic E-state index is -1.32. The van der Waals surface area contributed by atoms with E-state index in [0.29, 0.717) is 16.2 Å². The van der Waals surface area contributed by atoms with Crippen molar-refractivity contribution < 1.29 is 24.1 Å². The fourth-order valence-electron chi connectivity index (χ4n) is 1.87. The average Bonchev–Trinajstić information content (AvgIpc) is 2.95. The van der Waals surface area contributed by atoms with E-state index in [2.05, 4.69) is 0 Å². The van der Waals surface area contributed by atoms with E-state index in [0.717, 1.165) is 17.4 Å². The molecule has 0 amide bonds. The van der Waals surface area contributed by atoms with E-state index in [1.54, 1.807) is 12.1 Å². The standard InChI is InChI=1S/C17H16FNO4S/c1-17(2,8-20)9-23-13-4-3-10(5-11(13)7-19)14-6-12(18)15(24-14)16(21)22/h3-6,20H,8-9H2,1-2H3,(H,21,22). The van der Waals surface area contributed by atoms with Crippen LogP contribution in [0.3, 0.4) is 0 Å². The molecule has 24 heavy (non-hydrogen) atoms. The summed E-state index contributed by atoms with van der Waals surface area (Å²) in [5.41, 5.74) is 0.349. The molecular formula is C17H16FNO4S. The largest absolute Gasteiger partial charge is 0.492 e. The van der Waals surface area contributed by atoms with Crippen LogP contribution in [0.25, 0.3) is 10.4 Å². The Morgan fingerprint density at radius 3 is 2.67 bits per heavy atom. The van der Waals surface area contributed by atoms with Crippen molar-refractivity contribution >= 4 is 17.3 Å². The number of benzene rings is 1. The van der Waals surface area contributed by atoms with Gasteiger partial charge in [0.15, 0.2) is 0 Å². The molecule has 0 spiro atoms. The number of nitriles is 1. The number of hydrogen-bond donors (Lipinski definition) is 2. The van der Waals surface area contributed by atoms with Gasteiger partial charge >= 0.3 is 5.97 Å². The van der Waals surface area contributed by atoms with Crippen LogP contribution in [0.1, 0.15) is 29.1 Å². The van der Waals surface area contributed by atoms with Crippen LogP contribution in [0.4, 0.5) is 4.39 Å². The van der Waals surface area contributed by atoms with Crippen LogP contribution >= 0.6 is 11.3 Å². The molecule has 5 nitrogen and oxygen atoms in total. The van der Waals surface area contributed by atoms with Gasteiger partial charge in [0.2, 0.25) is 0 Å². The Morgan fingerprint density at radius 1 is 1.42 bits per heavy atom. The third kappa shape index (κ3) is 3.91. The van der Waals surface area contributed by atoms with Crippen molar-refractivity contribution in [3.05, 3.63) is 40.5 Å². The van der Waals surface area contributed by atoms with Crippen molar-refractivity contribution in [1.82, 2.24) is 0 Å². The fraction of sp³-hybridized carbons (Fsp3) is 0.294. The molecule has 2 aromatic rings. The summed E-state index contributed by atoms with van der Waals surface area (Å²) in [4.78, 5) is 11.0. The second kappa shape index (κ2) is 6.99. The molecule has 0 unspecified atom stereocenters. The molecule has 0 fully saturated rings. The molecule has 126 valence electrons. The minimum Gasteiger partial charge on any atom is -0.492 e. The summed E-state index contributed by atoms with van der Waals surface area (Å²) >= 11 is 0.809. The van der Waals surface area contributed by atoms with Gasteiger partial charge in [0.1, 0.15) is 22.5 Å². The molecule has 0 aliphatic carbocycles. The first kappa shape index (κ1) is 17.9. The number of ether oxygens (including phenoxy) is 1. The van der Waals surface area contributed by atoms with Crippen LogP contribution in [-0.2, 0) is 0 Å². The van der Waals surface area contributed by atoms with E-state index >= 15 is 0 Å². The lowest BCUT2D eigenvalue weighted by atomic mass is 9.96. The maximum atomic E-state index is 13.6. The van der Waals surface area contributed by atoms with Gasteiger partial charge in [-0.15, -0.1) is 11.3 Å². The van der Waals surface area contributed by atoms with E-state index in [-0.39, 0.29) is 23.7 Å². The highest BCUT2D eigenvalue weighted by Crippen LogP contribution is 2.33. The van der Waals surface area contributed by atoms with Gasteiger partial charge in [-0.3, -0.25) is 0 Å². The van der Waals surface area contributed by atoms with E-state index in [1.165, 1.54) is 6.07 Å². The number of rotatable bonds is 6. The maximum absolute atomic E-state index is 13.6. The van der Waals surface area contributed by atoms with Gasteiger partial charge in [0.25, 0.3) is 0 Å². The Bertz CT molecular complexity index is 807. The zero-order valence-electron chi connectivity index (χ0n) is 13.2. The third-order valence-corrected chi connectivity index (χ3v) is 4.46. The Labute approximate surface area is 142 Å². The summed E-state index contributed by atoms with van der Waals surface area (Å²) in [5, 5.41) is 27.4. The van der Waals surface area contributed by atoms with Crippen molar-refractivity contribution in [3.8, 4) is 22.3 Å². The molecule has 2 N–H and O–H groups in total. The highest BCUT2D eigenvalue weighted by molar-refractivity contribution is 7.17. The second-order valence-corrected chi connectivity index (χ2v) is 7.08. The van der Waals surface area contributed by atoms with Gasteiger partial charge < -0.3 is 14.9 Å². The van der Waals surface area contributed by atoms with Crippen molar-refractivity contribution in [2.24, 2.45) is 5.41 Å². The number of nitrogens with zero attached hydrogens (tertiary/aromatic N) is 1. The third-order valence-electron chi connectivity index (χ3n) is 3.31. The van der Waals surface area contributed by atoms with E-state index in [1.807, 2.05) is 19.9 Å². The zero-order chi connectivity index (χ0) is 17.9. The molecule has 1 aromatic heterocycles. The van der Waals surface area contributed by atoms with Crippen LogP contribution in [0.5, 0.6) is 5.75 Å². The first-order valence-electron chi connectivity index (χ1n) is 7.08. The monoisotopic (exact) mass is 349 g/mol. The van der Waals surface area contributed by atoms with Gasteiger partial charge in [-0.1, -0.05) is 13.8 Å². The quantitative estimate of drug-likeness (QED) is 0.833. The number of aromatic carboxylic acids is 1. The van der Waals surface area contributed by atoms with Crippen molar-refractivity contribution in [1.29, 1.82) is 5.26 Å². The van der Waals surface area contributed by atoms with Crippen molar-refractivity contribution in [2.75, 3.05) is 13.2 Å². The molecule has 0 aliphatic rings. The number of carboxylic acid groups (broad SMARTS) is 1. The Morgan fingerprint density at radius 2 is 2.12 bits per heavy atom. The predicted octanol–water partition coefficient (Wildman–Crippen LogP) is 3.52. The number of halogens is 1. The molecular weight excluding hydrogens is 333 g/mol. The number of carboxylic acids is 1.